The number of nitrogens with zero attached hydrogens (tertiary/aromatic N) is 3. The van der Waals surface area contributed by atoms with Crippen LogP contribution in [0.25, 0.3) is 0 Å². The highest BCUT2D eigenvalue weighted by Crippen LogP contribution is 2.27. The van der Waals surface area contributed by atoms with E-state index in [9.17, 15) is 5.11 Å². The Bertz CT molecular complexity index is 864. The zero-order valence-electron chi connectivity index (χ0n) is 18.4. The van der Waals surface area contributed by atoms with E-state index in [0.29, 0.717) is 25.4 Å². The molecule has 0 fully saturated rings. The summed E-state index contributed by atoms with van der Waals surface area (Å²) < 4.78 is 0. The number of hydrogen-bond donors (Lipinski definition) is 1. The summed E-state index contributed by atoms with van der Waals surface area (Å²) in [7, 11) is -1.66. The van der Waals surface area contributed by atoms with Crippen LogP contribution in [0.2, 0.25) is 18.1 Å². The van der Waals surface area contributed by atoms with E-state index >= 15 is 0 Å². The van der Waals surface area contributed by atoms with Crippen LogP contribution in [0, 0.1) is 0 Å². The Kier molecular flexibility index (Phi) is 7.77. The van der Waals surface area contributed by atoms with Gasteiger partial charge in [0.15, 0.2) is 0 Å². The number of phenols is 1. The van der Waals surface area contributed by atoms with Crippen molar-refractivity contribution in [2.45, 2.75) is 58.5 Å². The van der Waals surface area contributed by atoms with Crippen molar-refractivity contribution in [2.75, 3.05) is 0 Å². The summed E-state index contributed by atoms with van der Waals surface area (Å²) in [6.45, 7) is 8.91. The molecule has 3 rings (SSSR count). The van der Waals surface area contributed by atoms with Gasteiger partial charge in [-0.1, -0.05) is 69.2 Å². The second kappa shape index (κ2) is 10.5. The predicted molar refractivity (Wildman–Crippen MR) is 126 cm³/mol. The minimum absolute atomic E-state index is 0.502. The summed E-state index contributed by atoms with van der Waals surface area (Å²) in [5.74, 6) is 0.502. The Balaban J connectivity index is 1.91. The second-order valence-corrected chi connectivity index (χ2v) is 13.2. The number of pyridine rings is 2. The molecule has 0 amide bonds. The van der Waals surface area contributed by atoms with Crippen LogP contribution < -0.4 is 5.19 Å². The highest BCUT2D eigenvalue weighted by molar-refractivity contribution is 6.92. The first-order valence-electron chi connectivity index (χ1n) is 10.9. The molecule has 0 spiro atoms. The van der Waals surface area contributed by atoms with Gasteiger partial charge in [0.2, 0.25) is 0 Å². The lowest BCUT2D eigenvalue weighted by Crippen LogP contribution is -2.46. The largest absolute Gasteiger partial charge is 0.508 e. The van der Waals surface area contributed by atoms with Crippen molar-refractivity contribution >= 4 is 13.3 Å². The number of phenolic OH excluding ortho intramolecular Hbond substituents is 1. The highest BCUT2D eigenvalue weighted by Gasteiger charge is 2.32. The van der Waals surface area contributed by atoms with Crippen molar-refractivity contribution in [1.29, 1.82) is 0 Å². The number of rotatable bonds is 10. The molecule has 5 heteroatoms. The van der Waals surface area contributed by atoms with Gasteiger partial charge in [-0.25, -0.2) is 0 Å². The van der Waals surface area contributed by atoms with Gasteiger partial charge in [0.25, 0.3) is 0 Å². The van der Waals surface area contributed by atoms with Crippen molar-refractivity contribution in [3.8, 4) is 5.75 Å². The van der Waals surface area contributed by atoms with Gasteiger partial charge >= 0.3 is 0 Å². The van der Waals surface area contributed by atoms with Crippen molar-refractivity contribution in [1.82, 2.24) is 14.9 Å². The van der Waals surface area contributed by atoms with E-state index < -0.39 is 8.07 Å². The molecule has 2 heterocycles. The molecule has 2 aromatic heterocycles. The summed E-state index contributed by atoms with van der Waals surface area (Å²) in [5, 5.41) is 12.5. The Hall–Kier alpha value is -2.50. The van der Waals surface area contributed by atoms with E-state index in [4.69, 9.17) is 0 Å². The molecule has 0 radical (unpaired) electrons. The molecule has 0 aliphatic rings. The second-order valence-electron chi connectivity index (χ2n) is 7.94. The molecule has 0 atom stereocenters. The smallest absolute Gasteiger partial charge is 0.119 e. The topological polar surface area (TPSA) is 49.2 Å². The Morgan fingerprint density at radius 1 is 0.733 bits per heavy atom. The maximum atomic E-state index is 11.3. The van der Waals surface area contributed by atoms with Crippen LogP contribution in [0.5, 0.6) is 5.75 Å². The zero-order chi connectivity index (χ0) is 21.4. The maximum Gasteiger partial charge on any atom is 0.119 e. The third-order valence-electron chi connectivity index (χ3n) is 6.34. The van der Waals surface area contributed by atoms with Gasteiger partial charge in [-0.05, 0) is 29.5 Å². The van der Waals surface area contributed by atoms with E-state index in [1.54, 1.807) is 0 Å². The summed E-state index contributed by atoms with van der Waals surface area (Å²) in [4.78, 5) is 11.3. The van der Waals surface area contributed by atoms with E-state index in [2.05, 4.69) is 53.8 Å². The zero-order valence-corrected chi connectivity index (χ0v) is 19.4. The molecule has 4 nitrogen and oxygen atoms in total. The Morgan fingerprint density at radius 2 is 1.30 bits per heavy atom. The van der Waals surface area contributed by atoms with E-state index in [1.807, 2.05) is 48.8 Å². The van der Waals surface area contributed by atoms with Crippen LogP contribution in [0.15, 0.2) is 67.0 Å². The van der Waals surface area contributed by atoms with Gasteiger partial charge in [-0.15, -0.1) is 0 Å². The number of aromatic nitrogens is 2. The fourth-order valence-electron chi connectivity index (χ4n) is 4.32. The molecule has 158 valence electrons. The predicted octanol–water partition coefficient (Wildman–Crippen LogP) is 5.10. The quantitative estimate of drug-likeness (QED) is 0.465. The van der Waals surface area contributed by atoms with Gasteiger partial charge in [-0.2, -0.15) is 0 Å². The normalized spacial score (nSPS) is 11.7. The highest BCUT2D eigenvalue weighted by atomic mass is 28.3. The molecule has 1 N–H and O–H groups in total. The van der Waals surface area contributed by atoms with Crippen molar-refractivity contribution in [2.24, 2.45) is 0 Å². The third-order valence-corrected chi connectivity index (χ3v) is 11.9. The lowest BCUT2D eigenvalue weighted by Gasteiger charge is -2.31. The molecule has 0 aliphatic heterocycles. The molecule has 3 aromatic rings. The van der Waals surface area contributed by atoms with Crippen LogP contribution in [0.3, 0.4) is 0 Å². The number of aromatic hydroxyl groups is 1. The summed E-state index contributed by atoms with van der Waals surface area (Å²) in [5.41, 5.74) is 3.03. The minimum Gasteiger partial charge on any atom is -0.508 e. The van der Waals surface area contributed by atoms with Crippen molar-refractivity contribution in [3.63, 3.8) is 0 Å². The summed E-state index contributed by atoms with van der Waals surface area (Å²) >= 11 is 0. The maximum absolute atomic E-state index is 11.3. The minimum atomic E-state index is -1.66. The standard InChI is InChI=1S/C25H33N3OSi/c1-4-30(5-2,6-3)24-15-11-12-21(25(24)29)18-28(19-22-13-7-9-16-26-22)20-23-14-8-10-17-27-23/h7-17,29H,4-6,18-20H2,1-3H3. The fourth-order valence-corrected chi connectivity index (χ4v) is 8.07. The van der Waals surface area contributed by atoms with Gasteiger partial charge in [0.05, 0.1) is 19.5 Å². The molecule has 0 saturated carbocycles. The molecule has 30 heavy (non-hydrogen) atoms. The summed E-state index contributed by atoms with van der Waals surface area (Å²) in [6, 6.07) is 21.8. The Morgan fingerprint density at radius 3 is 1.77 bits per heavy atom. The van der Waals surface area contributed by atoms with Crippen LogP contribution in [0.1, 0.15) is 37.7 Å². The third kappa shape index (κ3) is 5.15. The molecule has 0 aliphatic carbocycles. The fraction of sp³-hybridized carbons (Fsp3) is 0.360. The van der Waals surface area contributed by atoms with Gasteiger partial charge in [0.1, 0.15) is 5.75 Å². The van der Waals surface area contributed by atoms with Gasteiger partial charge in [0, 0.05) is 37.6 Å². The number of para-hydroxylation sites is 1. The van der Waals surface area contributed by atoms with Crippen molar-refractivity contribution in [3.05, 3.63) is 83.9 Å². The van der Waals surface area contributed by atoms with E-state index in [1.165, 1.54) is 5.19 Å². The Labute approximate surface area is 181 Å². The number of benzene rings is 1. The first-order chi connectivity index (χ1) is 14.6. The first kappa shape index (κ1) is 22.2. The van der Waals surface area contributed by atoms with Gasteiger partial charge in [-0.3, -0.25) is 14.9 Å². The van der Waals surface area contributed by atoms with Crippen LogP contribution >= 0.6 is 0 Å². The van der Waals surface area contributed by atoms with Crippen LogP contribution in [0.4, 0.5) is 0 Å². The average molecular weight is 420 g/mol. The van der Waals surface area contributed by atoms with Crippen LogP contribution in [-0.4, -0.2) is 28.0 Å². The lowest BCUT2D eigenvalue weighted by molar-refractivity contribution is 0.238. The molecule has 0 saturated heterocycles. The average Bonchev–Trinajstić information content (AvgIpc) is 2.79. The molecule has 0 unspecified atom stereocenters. The van der Waals surface area contributed by atoms with E-state index in [-0.39, 0.29) is 0 Å². The first-order valence-corrected chi connectivity index (χ1v) is 13.6. The van der Waals surface area contributed by atoms with Crippen molar-refractivity contribution < 1.29 is 5.11 Å². The van der Waals surface area contributed by atoms with E-state index in [0.717, 1.165) is 35.1 Å². The van der Waals surface area contributed by atoms with Gasteiger partial charge < -0.3 is 5.11 Å². The molecule has 1 aromatic carbocycles. The SMILES string of the molecule is CC[Si](CC)(CC)c1cccc(CN(Cc2ccccn2)Cc2ccccn2)c1O. The molecular formula is C25H33N3OSi. The lowest BCUT2D eigenvalue weighted by atomic mass is 10.1. The summed E-state index contributed by atoms with van der Waals surface area (Å²) in [6.07, 6.45) is 3.66. The molecular weight excluding hydrogens is 386 g/mol. The number of hydrogen-bond acceptors (Lipinski definition) is 4. The monoisotopic (exact) mass is 419 g/mol. The van der Waals surface area contributed by atoms with Crippen LogP contribution in [-0.2, 0) is 19.6 Å². The molecule has 0 bridgehead atoms.